The van der Waals surface area contributed by atoms with Crippen LogP contribution in [0.5, 0.6) is 17.2 Å². The van der Waals surface area contributed by atoms with Gasteiger partial charge in [0.15, 0.2) is 11.5 Å². The Morgan fingerprint density at radius 1 is 1.23 bits per heavy atom. The van der Waals surface area contributed by atoms with Crippen molar-refractivity contribution in [2.24, 2.45) is 5.73 Å². The second kappa shape index (κ2) is 9.07. The molecule has 0 aromatic heterocycles. The second-order valence-electron chi connectivity index (χ2n) is 5.93. The van der Waals surface area contributed by atoms with Crippen LogP contribution >= 0.6 is 0 Å². The normalized spacial score (nSPS) is 13.0. The Morgan fingerprint density at radius 3 is 2.58 bits per heavy atom. The number of para-hydroxylation sites is 2. The molecular weight excluding hydrogens is 336 g/mol. The Balaban J connectivity index is 1.88. The van der Waals surface area contributed by atoms with E-state index in [2.05, 4.69) is 5.32 Å². The molecule has 0 aliphatic carbocycles. The van der Waals surface area contributed by atoms with Crippen molar-refractivity contribution in [1.29, 1.82) is 0 Å². The Bertz CT molecular complexity index is 750. The number of primary amides is 1. The number of aliphatic hydroxyl groups is 1. The van der Waals surface area contributed by atoms with Crippen LogP contribution in [0, 0.1) is 0 Å². The molecule has 5 N–H and O–H groups in total. The first-order valence-corrected chi connectivity index (χ1v) is 8.22. The summed E-state index contributed by atoms with van der Waals surface area (Å²) in [4.78, 5) is 11.3. The number of amides is 1. The number of nitrogens with two attached hydrogens (primary N) is 1. The largest absolute Gasteiger partial charge is 0.507 e. The molecule has 7 nitrogen and oxygen atoms in total. The number of benzene rings is 2. The first kappa shape index (κ1) is 19.6. The number of aromatic hydroxyl groups is 1. The van der Waals surface area contributed by atoms with Crippen LogP contribution in [0.2, 0.25) is 0 Å². The molecule has 0 saturated heterocycles. The number of hydrogen-bond acceptors (Lipinski definition) is 6. The SMILES string of the molecule is COc1ccccc1OCC(C)NCC(O)c1ccc(O)c(C(N)=O)c1. The molecule has 26 heavy (non-hydrogen) atoms. The zero-order valence-corrected chi connectivity index (χ0v) is 14.8. The van der Waals surface area contributed by atoms with E-state index in [0.717, 1.165) is 0 Å². The predicted octanol–water partition coefficient (Wildman–Crippen LogP) is 1.59. The van der Waals surface area contributed by atoms with Gasteiger partial charge in [-0.05, 0) is 36.8 Å². The number of phenols is 1. The number of nitrogens with one attached hydrogen (secondary N) is 1. The van der Waals surface area contributed by atoms with Crippen LogP contribution in [0.15, 0.2) is 42.5 Å². The molecule has 0 bridgehead atoms. The van der Waals surface area contributed by atoms with Gasteiger partial charge >= 0.3 is 0 Å². The van der Waals surface area contributed by atoms with E-state index in [0.29, 0.717) is 23.7 Å². The van der Waals surface area contributed by atoms with Crippen LogP contribution in [-0.2, 0) is 0 Å². The molecule has 0 spiro atoms. The maximum atomic E-state index is 11.3. The Hall–Kier alpha value is -2.77. The molecule has 2 aromatic carbocycles. The van der Waals surface area contributed by atoms with Crippen molar-refractivity contribution in [2.75, 3.05) is 20.3 Å². The minimum atomic E-state index is -0.859. The summed E-state index contributed by atoms with van der Waals surface area (Å²) >= 11 is 0. The van der Waals surface area contributed by atoms with Gasteiger partial charge in [0, 0.05) is 12.6 Å². The van der Waals surface area contributed by atoms with E-state index in [-0.39, 0.29) is 23.9 Å². The lowest BCUT2D eigenvalue weighted by Crippen LogP contribution is -2.35. The van der Waals surface area contributed by atoms with E-state index in [4.69, 9.17) is 15.2 Å². The lowest BCUT2D eigenvalue weighted by molar-refractivity contribution is 0.0997. The molecule has 2 unspecified atom stereocenters. The Morgan fingerprint density at radius 2 is 1.92 bits per heavy atom. The van der Waals surface area contributed by atoms with Crippen LogP contribution in [0.25, 0.3) is 0 Å². The second-order valence-corrected chi connectivity index (χ2v) is 5.93. The van der Waals surface area contributed by atoms with Crippen LogP contribution in [0.4, 0.5) is 0 Å². The molecule has 0 heterocycles. The van der Waals surface area contributed by atoms with E-state index < -0.39 is 12.0 Å². The molecule has 2 atom stereocenters. The van der Waals surface area contributed by atoms with Crippen molar-refractivity contribution in [3.63, 3.8) is 0 Å². The summed E-state index contributed by atoms with van der Waals surface area (Å²) < 4.78 is 11.0. The van der Waals surface area contributed by atoms with Gasteiger partial charge in [-0.1, -0.05) is 18.2 Å². The third-order valence-corrected chi connectivity index (χ3v) is 3.89. The molecular formula is C19H24N2O5. The fourth-order valence-corrected chi connectivity index (χ4v) is 2.40. The summed E-state index contributed by atoms with van der Waals surface area (Å²) in [5, 5.41) is 23.0. The van der Waals surface area contributed by atoms with E-state index >= 15 is 0 Å². The van der Waals surface area contributed by atoms with E-state index in [1.54, 1.807) is 13.2 Å². The average molecular weight is 360 g/mol. The summed E-state index contributed by atoms with van der Waals surface area (Å²) in [5.74, 6) is 0.347. The van der Waals surface area contributed by atoms with Gasteiger partial charge < -0.3 is 30.7 Å². The van der Waals surface area contributed by atoms with Crippen LogP contribution in [0.3, 0.4) is 0 Å². The molecule has 0 radical (unpaired) electrons. The average Bonchev–Trinajstić information content (AvgIpc) is 2.64. The van der Waals surface area contributed by atoms with Gasteiger partial charge in [0.1, 0.15) is 12.4 Å². The van der Waals surface area contributed by atoms with E-state index in [1.807, 2.05) is 31.2 Å². The van der Waals surface area contributed by atoms with Gasteiger partial charge in [-0.2, -0.15) is 0 Å². The molecule has 0 fully saturated rings. The lowest BCUT2D eigenvalue weighted by Gasteiger charge is -2.19. The Kier molecular flexibility index (Phi) is 6.82. The van der Waals surface area contributed by atoms with Crippen molar-refractivity contribution in [1.82, 2.24) is 5.32 Å². The molecule has 0 aliphatic heterocycles. The first-order chi connectivity index (χ1) is 12.4. The maximum Gasteiger partial charge on any atom is 0.252 e. The lowest BCUT2D eigenvalue weighted by atomic mass is 10.0. The van der Waals surface area contributed by atoms with E-state index in [9.17, 15) is 15.0 Å². The summed E-state index contributed by atoms with van der Waals surface area (Å²) in [6.07, 6.45) is -0.859. The monoisotopic (exact) mass is 360 g/mol. The highest BCUT2D eigenvalue weighted by atomic mass is 16.5. The van der Waals surface area contributed by atoms with Crippen molar-refractivity contribution in [3.8, 4) is 17.2 Å². The highest BCUT2D eigenvalue weighted by Gasteiger charge is 2.15. The smallest absolute Gasteiger partial charge is 0.252 e. The standard InChI is InChI=1S/C19H24N2O5/c1-12(11-26-18-6-4-3-5-17(18)25-2)21-10-16(23)13-7-8-15(22)14(9-13)19(20)24/h3-9,12,16,21-23H,10-11H2,1-2H3,(H2,20,24). The maximum absolute atomic E-state index is 11.3. The third-order valence-electron chi connectivity index (χ3n) is 3.89. The van der Waals surface area contributed by atoms with Crippen molar-refractivity contribution >= 4 is 5.91 Å². The van der Waals surface area contributed by atoms with E-state index in [1.165, 1.54) is 12.1 Å². The predicted molar refractivity (Wildman–Crippen MR) is 97.5 cm³/mol. The summed E-state index contributed by atoms with van der Waals surface area (Å²) in [5.41, 5.74) is 5.67. The molecule has 0 saturated carbocycles. The number of rotatable bonds is 9. The van der Waals surface area contributed by atoms with Crippen LogP contribution in [0.1, 0.15) is 28.9 Å². The zero-order valence-electron chi connectivity index (χ0n) is 14.8. The van der Waals surface area contributed by atoms with Gasteiger partial charge in [0.2, 0.25) is 0 Å². The zero-order chi connectivity index (χ0) is 19.1. The quantitative estimate of drug-likeness (QED) is 0.540. The molecule has 2 aromatic rings. The molecule has 2 rings (SSSR count). The minimum Gasteiger partial charge on any atom is -0.507 e. The number of carbonyl (C=O) groups excluding carboxylic acids is 1. The Labute approximate surface area is 152 Å². The molecule has 7 heteroatoms. The van der Waals surface area contributed by atoms with Crippen LogP contribution < -0.4 is 20.5 Å². The van der Waals surface area contributed by atoms with Crippen molar-refractivity contribution in [2.45, 2.75) is 19.1 Å². The van der Waals surface area contributed by atoms with Gasteiger partial charge in [-0.25, -0.2) is 0 Å². The summed E-state index contributed by atoms with van der Waals surface area (Å²) in [7, 11) is 1.58. The van der Waals surface area contributed by atoms with Gasteiger partial charge in [-0.3, -0.25) is 4.79 Å². The van der Waals surface area contributed by atoms with Crippen LogP contribution in [-0.4, -0.2) is 42.4 Å². The molecule has 140 valence electrons. The summed E-state index contributed by atoms with van der Waals surface area (Å²) in [6.45, 7) is 2.56. The van der Waals surface area contributed by atoms with Gasteiger partial charge in [-0.15, -0.1) is 0 Å². The number of carbonyl (C=O) groups is 1. The van der Waals surface area contributed by atoms with Gasteiger partial charge in [0.25, 0.3) is 5.91 Å². The molecule has 1 amide bonds. The third kappa shape index (κ3) is 5.11. The number of hydrogen-bond donors (Lipinski definition) is 4. The van der Waals surface area contributed by atoms with Crippen molar-refractivity contribution in [3.05, 3.63) is 53.6 Å². The topological polar surface area (TPSA) is 114 Å². The van der Waals surface area contributed by atoms with Crippen molar-refractivity contribution < 1.29 is 24.5 Å². The first-order valence-electron chi connectivity index (χ1n) is 8.22. The molecule has 0 aliphatic rings. The number of aliphatic hydroxyl groups excluding tert-OH is 1. The van der Waals surface area contributed by atoms with Gasteiger partial charge in [0.05, 0.1) is 18.8 Å². The number of ether oxygens (including phenoxy) is 2. The minimum absolute atomic E-state index is 0.0193. The fraction of sp³-hybridized carbons (Fsp3) is 0.316. The fourth-order valence-electron chi connectivity index (χ4n) is 2.40. The number of methoxy groups -OCH3 is 1. The highest BCUT2D eigenvalue weighted by molar-refractivity contribution is 5.95. The summed E-state index contributed by atoms with van der Waals surface area (Å²) in [6, 6.07) is 11.6. The highest BCUT2D eigenvalue weighted by Crippen LogP contribution is 2.26.